The molecule has 6 aromatic rings. The van der Waals surface area contributed by atoms with Crippen LogP contribution >= 0.6 is 22.7 Å². The summed E-state index contributed by atoms with van der Waals surface area (Å²) in [5.41, 5.74) is 8.59. The summed E-state index contributed by atoms with van der Waals surface area (Å²) in [4.78, 5) is 24.7. The minimum absolute atomic E-state index is 0.0684. The molecule has 0 spiro atoms. The summed E-state index contributed by atoms with van der Waals surface area (Å²) < 4.78 is 31.7. The van der Waals surface area contributed by atoms with Gasteiger partial charge in [-0.2, -0.15) is 0 Å². The van der Waals surface area contributed by atoms with Crippen LogP contribution < -0.4 is 10.0 Å². The first-order chi connectivity index (χ1) is 22.3. The van der Waals surface area contributed by atoms with E-state index in [2.05, 4.69) is 43.9 Å². The lowest BCUT2D eigenvalue weighted by molar-refractivity contribution is 0.0985. The quantitative estimate of drug-likeness (QED) is 0.192. The van der Waals surface area contributed by atoms with E-state index in [1.54, 1.807) is 29.5 Å². The van der Waals surface area contributed by atoms with Crippen LogP contribution in [0, 0.1) is 13.8 Å². The van der Waals surface area contributed by atoms with Crippen molar-refractivity contribution < 1.29 is 13.2 Å². The van der Waals surface area contributed by atoms with Crippen LogP contribution in [0.2, 0.25) is 0 Å². The number of sulfonamides is 1. The maximum absolute atomic E-state index is 13.4. The minimum Gasteiger partial charge on any atom is -0.382 e. The van der Waals surface area contributed by atoms with Crippen LogP contribution in [-0.2, 0) is 16.6 Å². The summed E-state index contributed by atoms with van der Waals surface area (Å²) in [5.74, 6) is -0.227. The van der Waals surface area contributed by atoms with Gasteiger partial charge in [0.15, 0.2) is 0 Å². The van der Waals surface area contributed by atoms with Gasteiger partial charge in [0.2, 0.25) is 0 Å². The van der Waals surface area contributed by atoms with Crippen molar-refractivity contribution in [1.29, 1.82) is 0 Å². The molecule has 1 fully saturated rings. The van der Waals surface area contributed by atoms with E-state index in [9.17, 15) is 13.2 Å². The molecule has 1 amide bonds. The van der Waals surface area contributed by atoms with Gasteiger partial charge in [-0.25, -0.2) is 23.1 Å². The molecule has 8 nitrogen and oxygen atoms in total. The Morgan fingerprint density at radius 3 is 2.54 bits per heavy atom. The molecule has 0 saturated heterocycles. The fourth-order valence-electron chi connectivity index (χ4n) is 7.16. The van der Waals surface area contributed by atoms with E-state index in [-0.39, 0.29) is 4.90 Å². The third-order valence-corrected chi connectivity index (χ3v) is 12.8. The van der Waals surface area contributed by atoms with Gasteiger partial charge in [-0.1, -0.05) is 37.5 Å². The molecule has 0 radical (unpaired) electrons. The Kier molecular flexibility index (Phi) is 7.23. The summed E-state index contributed by atoms with van der Waals surface area (Å²) in [6.07, 6.45) is 5.79. The Bertz CT molecular complexity index is 2260. The number of benzene rings is 2. The Labute approximate surface area is 275 Å². The molecule has 4 aromatic heterocycles. The SMILES string of the molecule is Cc1nc(C)c(-c2ccc3c4c(ccc3n2)-c2c(C3CCCCC3)c3sc(C(=O)NS(=O)(=O)c5ccccc5)cc3n2CCN4)s1. The molecule has 234 valence electrons. The normalized spacial score (nSPS) is 15.3. The van der Waals surface area contributed by atoms with Gasteiger partial charge in [-0.3, -0.25) is 4.79 Å². The predicted molar refractivity (Wildman–Crippen MR) is 187 cm³/mol. The van der Waals surface area contributed by atoms with Gasteiger partial charge in [0, 0.05) is 24.0 Å². The van der Waals surface area contributed by atoms with Crippen molar-refractivity contribution in [1.82, 2.24) is 19.3 Å². The first-order valence-corrected chi connectivity index (χ1v) is 18.8. The predicted octanol–water partition coefficient (Wildman–Crippen LogP) is 8.25. The molecular formula is C35H33N5O3S3. The zero-order chi connectivity index (χ0) is 31.6. The maximum Gasteiger partial charge on any atom is 0.275 e. The Morgan fingerprint density at radius 1 is 0.978 bits per heavy atom. The molecule has 0 atom stereocenters. The average molecular weight is 668 g/mol. The zero-order valence-electron chi connectivity index (χ0n) is 25.6. The number of amides is 1. The molecule has 5 heterocycles. The van der Waals surface area contributed by atoms with Gasteiger partial charge < -0.3 is 9.88 Å². The van der Waals surface area contributed by atoms with Crippen molar-refractivity contribution in [2.75, 3.05) is 11.9 Å². The summed E-state index contributed by atoms with van der Waals surface area (Å²) in [5, 5.41) is 5.84. The number of carbonyl (C=O) groups is 1. The second-order valence-electron chi connectivity index (χ2n) is 12.1. The lowest BCUT2D eigenvalue weighted by Crippen LogP contribution is -2.29. The van der Waals surface area contributed by atoms with E-state index in [1.807, 2.05) is 19.9 Å². The Hall–Kier alpha value is -4.06. The highest BCUT2D eigenvalue weighted by Gasteiger charge is 2.32. The fourth-order valence-corrected chi connectivity index (χ4v) is 10.3. The molecule has 11 heteroatoms. The number of hydrogen-bond acceptors (Lipinski definition) is 8. The Balaban J connectivity index is 1.25. The summed E-state index contributed by atoms with van der Waals surface area (Å²) in [6.45, 7) is 5.49. The standard InChI is InChI=1S/C35H33N5O3S3/c1-20-33(44-21(2)37-20)27-16-13-24-26(38-27)15-14-25-31(24)36-17-18-40-28-19-29(35(41)39-46(42,43)23-11-7-4-8-12-23)45-34(28)30(32(25)40)22-9-5-3-6-10-22/h4,7-8,11-16,19,22,36H,3,5-6,9-10,17-18H2,1-2H3,(H,39,41). The van der Waals surface area contributed by atoms with Crippen LogP contribution in [0.3, 0.4) is 0 Å². The second-order valence-corrected chi connectivity index (χ2v) is 16.1. The van der Waals surface area contributed by atoms with E-state index >= 15 is 0 Å². The molecule has 1 aliphatic carbocycles. The monoisotopic (exact) mass is 667 g/mol. The number of nitrogens with zero attached hydrogens (tertiary/aromatic N) is 3. The van der Waals surface area contributed by atoms with Crippen LogP contribution in [0.1, 0.15) is 64.0 Å². The molecule has 1 saturated carbocycles. The number of rotatable bonds is 5. The largest absolute Gasteiger partial charge is 0.382 e. The molecule has 2 aromatic carbocycles. The molecule has 2 N–H and O–H groups in total. The number of aryl methyl sites for hydroxylation is 2. The number of nitrogens with one attached hydrogen (secondary N) is 2. The van der Waals surface area contributed by atoms with Crippen LogP contribution in [0.15, 0.2) is 65.6 Å². The highest BCUT2D eigenvalue weighted by Crippen LogP contribution is 2.50. The molecule has 2 aliphatic rings. The third kappa shape index (κ3) is 4.92. The van der Waals surface area contributed by atoms with Crippen LogP contribution in [0.5, 0.6) is 0 Å². The number of carbonyl (C=O) groups excluding carboxylic acids is 1. The van der Waals surface area contributed by atoms with E-state index < -0.39 is 15.9 Å². The van der Waals surface area contributed by atoms with Gasteiger partial charge >= 0.3 is 0 Å². The van der Waals surface area contributed by atoms with E-state index in [4.69, 9.17) is 4.98 Å². The second kappa shape index (κ2) is 11.3. The smallest absolute Gasteiger partial charge is 0.275 e. The fraction of sp³-hybridized carbons (Fsp3) is 0.286. The number of aromatic nitrogens is 3. The van der Waals surface area contributed by atoms with Gasteiger partial charge in [0.05, 0.1) is 58.2 Å². The maximum atomic E-state index is 13.4. The lowest BCUT2D eigenvalue weighted by Gasteiger charge is -2.23. The van der Waals surface area contributed by atoms with Gasteiger partial charge in [0.1, 0.15) is 0 Å². The van der Waals surface area contributed by atoms with Crippen molar-refractivity contribution in [3.05, 3.63) is 81.8 Å². The van der Waals surface area contributed by atoms with Gasteiger partial charge in [-0.15, -0.1) is 22.7 Å². The molecular weight excluding hydrogens is 635 g/mol. The molecule has 8 rings (SSSR count). The summed E-state index contributed by atoms with van der Waals surface area (Å²) in [7, 11) is -3.98. The molecule has 1 aliphatic heterocycles. The molecule has 0 unspecified atom stereocenters. The first kappa shape index (κ1) is 29.3. The molecule has 0 bridgehead atoms. The summed E-state index contributed by atoms with van der Waals surface area (Å²) >= 11 is 3.08. The lowest BCUT2D eigenvalue weighted by atomic mass is 9.83. The van der Waals surface area contributed by atoms with Crippen LogP contribution in [0.25, 0.3) is 42.9 Å². The van der Waals surface area contributed by atoms with Crippen molar-refractivity contribution >= 4 is 65.4 Å². The van der Waals surface area contributed by atoms with Crippen LogP contribution in [-0.4, -0.2) is 35.4 Å². The van der Waals surface area contributed by atoms with E-state index in [0.29, 0.717) is 17.3 Å². The van der Waals surface area contributed by atoms with Crippen molar-refractivity contribution in [2.24, 2.45) is 0 Å². The minimum atomic E-state index is -3.98. The zero-order valence-corrected chi connectivity index (χ0v) is 28.0. The Morgan fingerprint density at radius 2 is 1.78 bits per heavy atom. The van der Waals surface area contributed by atoms with Crippen molar-refractivity contribution in [3.8, 4) is 21.8 Å². The van der Waals surface area contributed by atoms with E-state index in [1.165, 1.54) is 54.0 Å². The van der Waals surface area contributed by atoms with Gasteiger partial charge in [0.25, 0.3) is 15.9 Å². The number of pyridine rings is 1. The van der Waals surface area contributed by atoms with Crippen LogP contribution in [0.4, 0.5) is 5.69 Å². The average Bonchev–Trinajstić information content (AvgIpc) is 3.68. The number of hydrogen-bond donors (Lipinski definition) is 2. The third-order valence-electron chi connectivity index (χ3n) is 9.19. The number of thiazole rings is 1. The topological polar surface area (TPSA) is 106 Å². The number of thiophene rings is 1. The van der Waals surface area contributed by atoms with Crippen molar-refractivity contribution in [2.45, 2.75) is 63.3 Å². The number of fused-ring (bicyclic) bond motifs is 7. The highest BCUT2D eigenvalue weighted by molar-refractivity contribution is 7.90. The first-order valence-electron chi connectivity index (χ1n) is 15.7. The van der Waals surface area contributed by atoms with Crippen molar-refractivity contribution in [3.63, 3.8) is 0 Å². The molecule has 46 heavy (non-hydrogen) atoms. The summed E-state index contributed by atoms with van der Waals surface area (Å²) in [6, 6.07) is 18.5. The van der Waals surface area contributed by atoms with Gasteiger partial charge in [-0.05, 0) is 80.6 Å². The van der Waals surface area contributed by atoms with E-state index in [0.717, 1.165) is 73.0 Å². The number of anilines is 1. The highest BCUT2D eigenvalue weighted by atomic mass is 32.2.